The van der Waals surface area contributed by atoms with Crippen LogP contribution in [0.15, 0.2) is 48.5 Å². The van der Waals surface area contributed by atoms with Gasteiger partial charge in [-0.1, -0.05) is 13.8 Å². The molecule has 0 amide bonds. The molecule has 0 aromatic heterocycles. The van der Waals surface area contributed by atoms with Crippen LogP contribution in [0.5, 0.6) is 11.5 Å². The number of nitrogens with zero attached hydrogens (tertiary/aromatic N) is 2. The second-order valence-electron chi connectivity index (χ2n) is 7.39. The molecule has 0 radical (unpaired) electrons. The van der Waals surface area contributed by atoms with Crippen molar-refractivity contribution in [3.8, 4) is 11.5 Å². The lowest BCUT2D eigenvalue weighted by Gasteiger charge is -2.35. The highest BCUT2D eigenvalue weighted by Gasteiger charge is 2.33. The van der Waals surface area contributed by atoms with Crippen LogP contribution < -0.4 is 19.3 Å². The topological polar surface area (TPSA) is 24.9 Å². The van der Waals surface area contributed by atoms with Crippen molar-refractivity contribution in [3.05, 3.63) is 48.5 Å². The molecule has 2 aromatic carbocycles. The zero-order valence-corrected chi connectivity index (χ0v) is 17.7. The van der Waals surface area contributed by atoms with E-state index in [2.05, 4.69) is 47.9 Å². The van der Waals surface area contributed by atoms with Crippen molar-refractivity contribution in [2.75, 3.05) is 38.0 Å². The molecule has 2 rings (SSSR count). The summed E-state index contributed by atoms with van der Waals surface area (Å²) in [7, 11) is 8.15. The summed E-state index contributed by atoms with van der Waals surface area (Å²) in [6, 6.07) is 16.4. The van der Waals surface area contributed by atoms with Crippen molar-refractivity contribution in [1.29, 1.82) is 0 Å². The largest absolute Gasteiger partial charge is 0.452 e. The maximum absolute atomic E-state index is 6.45. The van der Waals surface area contributed by atoms with Gasteiger partial charge < -0.3 is 19.3 Å². The van der Waals surface area contributed by atoms with Gasteiger partial charge in [0.1, 0.15) is 11.5 Å². The van der Waals surface area contributed by atoms with E-state index in [9.17, 15) is 0 Å². The third-order valence-electron chi connectivity index (χ3n) is 4.58. The quantitative estimate of drug-likeness (QED) is 0.510. The number of rotatable bonds is 10. The Labute approximate surface area is 164 Å². The highest BCUT2D eigenvalue weighted by Crippen LogP contribution is 2.32. The summed E-state index contributed by atoms with van der Waals surface area (Å²) < 4.78 is 12.9. The minimum atomic E-state index is -0.650. The van der Waals surface area contributed by atoms with E-state index in [0.717, 1.165) is 48.6 Å². The van der Waals surface area contributed by atoms with Crippen molar-refractivity contribution in [2.45, 2.75) is 45.3 Å². The van der Waals surface area contributed by atoms with Crippen molar-refractivity contribution >= 4 is 11.4 Å². The van der Waals surface area contributed by atoms with E-state index in [4.69, 9.17) is 9.47 Å². The molecule has 27 heavy (non-hydrogen) atoms. The molecule has 0 bridgehead atoms. The van der Waals surface area contributed by atoms with Gasteiger partial charge in [-0.3, -0.25) is 0 Å². The fourth-order valence-electron chi connectivity index (χ4n) is 3.17. The molecule has 0 aliphatic heterocycles. The Hall–Kier alpha value is -2.36. The van der Waals surface area contributed by atoms with Crippen molar-refractivity contribution in [3.63, 3.8) is 0 Å². The average molecular weight is 371 g/mol. The second kappa shape index (κ2) is 9.54. The van der Waals surface area contributed by atoms with Gasteiger partial charge in [-0.15, -0.1) is 0 Å². The number of hydrogen-bond acceptors (Lipinski definition) is 4. The van der Waals surface area contributed by atoms with Gasteiger partial charge in [0.05, 0.1) is 0 Å². The Morgan fingerprint density at radius 1 is 0.630 bits per heavy atom. The third kappa shape index (κ3) is 5.81. The van der Waals surface area contributed by atoms with Gasteiger partial charge in [0.2, 0.25) is 0 Å². The molecule has 148 valence electrons. The Bertz CT molecular complexity index is 617. The molecule has 0 atom stereocenters. The lowest BCUT2D eigenvalue weighted by Crippen LogP contribution is -2.42. The molecule has 0 saturated heterocycles. The van der Waals surface area contributed by atoms with Crippen LogP contribution >= 0.6 is 0 Å². The first-order valence-corrected chi connectivity index (χ1v) is 9.82. The van der Waals surface area contributed by atoms with E-state index < -0.39 is 5.79 Å². The van der Waals surface area contributed by atoms with Crippen molar-refractivity contribution in [2.24, 2.45) is 0 Å². The zero-order chi connectivity index (χ0) is 19.9. The molecule has 0 spiro atoms. The minimum absolute atomic E-state index is 0.650. The van der Waals surface area contributed by atoms with E-state index in [1.807, 2.05) is 52.5 Å². The van der Waals surface area contributed by atoms with E-state index in [1.165, 1.54) is 0 Å². The van der Waals surface area contributed by atoms with E-state index in [1.54, 1.807) is 0 Å². The van der Waals surface area contributed by atoms with Crippen LogP contribution in [0.4, 0.5) is 11.4 Å². The molecule has 0 heterocycles. The monoisotopic (exact) mass is 370 g/mol. The second-order valence-corrected chi connectivity index (χ2v) is 7.39. The van der Waals surface area contributed by atoms with Crippen LogP contribution in [-0.4, -0.2) is 34.0 Å². The van der Waals surface area contributed by atoms with Crippen LogP contribution in [0.3, 0.4) is 0 Å². The molecular formula is C23H34N2O2. The van der Waals surface area contributed by atoms with Crippen LogP contribution in [0, 0.1) is 0 Å². The summed E-state index contributed by atoms with van der Waals surface area (Å²) in [5.74, 6) is 1.03. The molecule has 0 fully saturated rings. The van der Waals surface area contributed by atoms with Gasteiger partial charge in [-0.2, -0.15) is 0 Å². The SMILES string of the molecule is CCCC(CCC)(Oc1ccc(N(C)C)cc1)Oc1ccc(N(C)C)cc1. The standard InChI is InChI=1S/C23H34N2O2/c1-7-17-23(18-8-2,26-21-13-9-19(10-14-21)24(3)4)27-22-15-11-20(12-16-22)25(5)6/h9-16H,7-8,17-18H2,1-6H3. The fourth-order valence-corrected chi connectivity index (χ4v) is 3.17. The summed E-state index contributed by atoms with van der Waals surface area (Å²) in [6.07, 6.45) is 3.66. The van der Waals surface area contributed by atoms with Crippen LogP contribution in [0.1, 0.15) is 39.5 Å². The smallest absolute Gasteiger partial charge is 0.251 e. The van der Waals surface area contributed by atoms with Gasteiger partial charge in [0, 0.05) is 52.4 Å². The fraction of sp³-hybridized carbons (Fsp3) is 0.478. The van der Waals surface area contributed by atoms with Crippen LogP contribution in [0.2, 0.25) is 0 Å². The van der Waals surface area contributed by atoms with Gasteiger partial charge >= 0.3 is 0 Å². The number of hydrogen-bond donors (Lipinski definition) is 0. The highest BCUT2D eigenvalue weighted by atomic mass is 16.7. The normalized spacial score (nSPS) is 11.2. The molecular weight excluding hydrogens is 336 g/mol. The van der Waals surface area contributed by atoms with Gasteiger partial charge in [0.25, 0.3) is 5.79 Å². The van der Waals surface area contributed by atoms with Crippen LogP contribution in [-0.2, 0) is 0 Å². The minimum Gasteiger partial charge on any atom is -0.452 e. The van der Waals surface area contributed by atoms with Crippen molar-refractivity contribution < 1.29 is 9.47 Å². The Kier molecular flexibility index (Phi) is 7.40. The summed E-state index contributed by atoms with van der Waals surface area (Å²) in [5.41, 5.74) is 2.30. The number of ether oxygens (including phenoxy) is 2. The maximum Gasteiger partial charge on any atom is 0.251 e. The zero-order valence-electron chi connectivity index (χ0n) is 17.7. The van der Waals surface area contributed by atoms with E-state index >= 15 is 0 Å². The van der Waals surface area contributed by atoms with Gasteiger partial charge in [-0.25, -0.2) is 0 Å². The van der Waals surface area contributed by atoms with Crippen molar-refractivity contribution in [1.82, 2.24) is 0 Å². The highest BCUT2D eigenvalue weighted by molar-refractivity contribution is 5.48. The summed E-state index contributed by atoms with van der Waals surface area (Å²) in [4.78, 5) is 4.16. The Morgan fingerprint density at radius 2 is 0.963 bits per heavy atom. The lowest BCUT2D eigenvalue weighted by molar-refractivity contribution is -0.126. The predicted molar refractivity (Wildman–Crippen MR) is 115 cm³/mol. The first-order chi connectivity index (χ1) is 12.9. The number of benzene rings is 2. The van der Waals surface area contributed by atoms with Gasteiger partial charge in [0.15, 0.2) is 0 Å². The first kappa shape index (κ1) is 20.9. The molecule has 0 aliphatic carbocycles. The Balaban J connectivity index is 2.24. The average Bonchev–Trinajstić information content (AvgIpc) is 2.63. The lowest BCUT2D eigenvalue weighted by atomic mass is 10.0. The third-order valence-corrected chi connectivity index (χ3v) is 4.58. The molecule has 0 unspecified atom stereocenters. The first-order valence-electron chi connectivity index (χ1n) is 9.82. The number of anilines is 2. The van der Waals surface area contributed by atoms with Crippen LogP contribution in [0.25, 0.3) is 0 Å². The molecule has 4 heteroatoms. The predicted octanol–water partition coefficient (Wildman–Crippen LogP) is 5.57. The summed E-state index contributed by atoms with van der Waals surface area (Å²) >= 11 is 0. The summed E-state index contributed by atoms with van der Waals surface area (Å²) in [5, 5.41) is 0. The van der Waals surface area contributed by atoms with Gasteiger partial charge in [-0.05, 0) is 61.4 Å². The molecule has 0 aliphatic rings. The molecule has 2 aromatic rings. The summed E-state index contributed by atoms with van der Waals surface area (Å²) in [6.45, 7) is 4.34. The molecule has 0 saturated carbocycles. The molecule has 4 nitrogen and oxygen atoms in total. The Morgan fingerprint density at radius 3 is 1.22 bits per heavy atom. The van der Waals surface area contributed by atoms with E-state index in [0.29, 0.717) is 0 Å². The van der Waals surface area contributed by atoms with E-state index in [-0.39, 0.29) is 0 Å². The molecule has 0 N–H and O–H groups in total. The maximum atomic E-state index is 6.45.